The molecule has 80 valence electrons. The highest BCUT2D eigenvalue weighted by molar-refractivity contribution is 4.83. The highest BCUT2D eigenvalue weighted by Crippen LogP contribution is 2.37. The van der Waals surface area contributed by atoms with E-state index in [2.05, 4.69) is 6.92 Å². The molecule has 2 heteroatoms. The average Bonchev–Trinajstić information content (AvgIpc) is 2.23. The maximum absolute atomic E-state index is 9.07. The van der Waals surface area contributed by atoms with Crippen molar-refractivity contribution in [1.29, 1.82) is 0 Å². The van der Waals surface area contributed by atoms with Gasteiger partial charge in [-0.1, -0.05) is 33.6 Å². The van der Waals surface area contributed by atoms with Crippen LogP contribution in [0.25, 0.3) is 0 Å². The summed E-state index contributed by atoms with van der Waals surface area (Å²) in [5, 5.41) is 18.1. The molecule has 0 aromatic carbocycles. The third-order valence-electron chi connectivity index (χ3n) is 3.01. The molecule has 1 saturated carbocycles. The molecule has 2 N–H and O–H groups in total. The molecule has 0 unspecified atom stereocenters. The Morgan fingerprint density at radius 2 is 1.46 bits per heavy atom. The SMILES string of the molecule is CC.CC1CCC(CO)(CO)CC1. The van der Waals surface area contributed by atoms with Crippen molar-refractivity contribution >= 4 is 0 Å². The quantitative estimate of drug-likeness (QED) is 0.697. The summed E-state index contributed by atoms with van der Waals surface area (Å²) in [6, 6.07) is 0. The first-order valence-corrected chi connectivity index (χ1v) is 5.44. The lowest BCUT2D eigenvalue weighted by molar-refractivity contribution is 0.0130. The number of aliphatic hydroxyl groups is 2. The van der Waals surface area contributed by atoms with Crippen LogP contribution in [-0.2, 0) is 0 Å². The van der Waals surface area contributed by atoms with Crippen molar-refractivity contribution in [3.05, 3.63) is 0 Å². The van der Waals surface area contributed by atoms with Gasteiger partial charge in [0.15, 0.2) is 0 Å². The highest BCUT2D eigenvalue weighted by Gasteiger charge is 2.32. The third-order valence-corrected chi connectivity index (χ3v) is 3.01. The Labute approximate surface area is 82.0 Å². The smallest absolute Gasteiger partial charge is 0.0509 e. The molecule has 1 fully saturated rings. The van der Waals surface area contributed by atoms with Crippen molar-refractivity contribution in [3.8, 4) is 0 Å². The summed E-state index contributed by atoms with van der Waals surface area (Å²) < 4.78 is 0. The number of rotatable bonds is 2. The number of hydrogen-bond acceptors (Lipinski definition) is 2. The van der Waals surface area contributed by atoms with Gasteiger partial charge in [0.25, 0.3) is 0 Å². The van der Waals surface area contributed by atoms with Crippen LogP contribution in [0.1, 0.15) is 46.5 Å². The van der Waals surface area contributed by atoms with Crippen molar-refractivity contribution in [2.24, 2.45) is 11.3 Å². The molecule has 0 atom stereocenters. The fourth-order valence-electron chi connectivity index (χ4n) is 1.74. The summed E-state index contributed by atoms with van der Waals surface area (Å²) in [6.45, 7) is 6.53. The van der Waals surface area contributed by atoms with Crippen LogP contribution in [0.5, 0.6) is 0 Å². The van der Waals surface area contributed by atoms with Crippen LogP contribution in [0.15, 0.2) is 0 Å². The Morgan fingerprint density at radius 1 is 1.08 bits per heavy atom. The van der Waals surface area contributed by atoms with Gasteiger partial charge in [-0.05, 0) is 18.8 Å². The molecule has 0 amide bonds. The molecule has 2 nitrogen and oxygen atoms in total. The Kier molecular flexibility index (Phi) is 6.35. The summed E-state index contributed by atoms with van der Waals surface area (Å²) in [7, 11) is 0. The summed E-state index contributed by atoms with van der Waals surface area (Å²) >= 11 is 0. The fourth-order valence-corrected chi connectivity index (χ4v) is 1.74. The van der Waals surface area contributed by atoms with Crippen LogP contribution in [0, 0.1) is 11.3 Å². The predicted octanol–water partition coefficient (Wildman–Crippen LogP) is 2.19. The van der Waals surface area contributed by atoms with Crippen LogP contribution in [0.3, 0.4) is 0 Å². The predicted molar refractivity (Wildman–Crippen MR) is 55.6 cm³/mol. The monoisotopic (exact) mass is 188 g/mol. The summed E-state index contributed by atoms with van der Waals surface area (Å²) in [5.41, 5.74) is -0.146. The number of aliphatic hydroxyl groups excluding tert-OH is 2. The van der Waals surface area contributed by atoms with Gasteiger partial charge in [0.1, 0.15) is 0 Å². The Bertz CT molecular complexity index is 109. The topological polar surface area (TPSA) is 40.5 Å². The molecule has 0 aliphatic heterocycles. The van der Waals surface area contributed by atoms with Gasteiger partial charge in [-0.15, -0.1) is 0 Å². The van der Waals surface area contributed by atoms with E-state index in [9.17, 15) is 0 Å². The first kappa shape index (κ1) is 12.9. The lowest BCUT2D eigenvalue weighted by atomic mass is 9.72. The maximum Gasteiger partial charge on any atom is 0.0509 e. The van der Waals surface area contributed by atoms with Gasteiger partial charge < -0.3 is 10.2 Å². The van der Waals surface area contributed by atoms with Crippen molar-refractivity contribution in [2.45, 2.75) is 46.5 Å². The van der Waals surface area contributed by atoms with Crippen molar-refractivity contribution in [1.82, 2.24) is 0 Å². The second-order valence-corrected chi connectivity index (χ2v) is 4.00. The molecule has 1 aliphatic carbocycles. The molecule has 0 saturated heterocycles. The van der Waals surface area contributed by atoms with Gasteiger partial charge in [0, 0.05) is 5.41 Å². The van der Waals surface area contributed by atoms with Crippen LogP contribution in [-0.4, -0.2) is 23.4 Å². The van der Waals surface area contributed by atoms with Gasteiger partial charge in [-0.3, -0.25) is 0 Å². The molecule has 0 aromatic heterocycles. The van der Waals surface area contributed by atoms with E-state index < -0.39 is 0 Å². The van der Waals surface area contributed by atoms with Crippen LogP contribution >= 0.6 is 0 Å². The van der Waals surface area contributed by atoms with Gasteiger partial charge in [-0.2, -0.15) is 0 Å². The van der Waals surface area contributed by atoms with Crippen molar-refractivity contribution < 1.29 is 10.2 Å². The Hall–Kier alpha value is -0.0800. The molecule has 1 aliphatic rings. The van der Waals surface area contributed by atoms with Gasteiger partial charge in [0.05, 0.1) is 13.2 Å². The van der Waals surface area contributed by atoms with E-state index in [0.717, 1.165) is 31.6 Å². The minimum atomic E-state index is -0.146. The second-order valence-electron chi connectivity index (χ2n) is 4.00. The van der Waals surface area contributed by atoms with E-state index in [-0.39, 0.29) is 18.6 Å². The van der Waals surface area contributed by atoms with Gasteiger partial charge >= 0.3 is 0 Å². The average molecular weight is 188 g/mol. The first-order chi connectivity index (χ1) is 6.22. The van der Waals surface area contributed by atoms with E-state index in [4.69, 9.17) is 10.2 Å². The minimum Gasteiger partial charge on any atom is -0.396 e. The van der Waals surface area contributed by atoms with Crippen molar-refractivity contribution in [3.63, 3.8) is 0 Å². The lowest BCUT2D eigenvalue weighted by Gasteiger charge is -2.36. The molecule has 0 heterocycles. The van der Waals surface area contributed by atoms with Crippen LogP contribution in [0.4, 0.5) is 0 Å². The van der Waals surface area contributed by atoms with E-state index in [1.165, 1.54) is 0 Å². The zero-order valence-electron chi connectivity index (χ0n) is 9.21. The molecular weight excluding hydrogens is 164 g/mol. The molecule has 13 heavy (non-hydrogen) atoms. The molecular formula is C11H24O2. The first-order valence-electron chi connectivity index (χ1n) is 5.44. The highest BCUT2D eigenvalue weighted by atomic mass is 16.3. The Balaban J connectivity index is 0.000000671. The largest absolute Gasteiger partial charge is 0.396 e. The second kappa shape index (κ2) is 6.39. The normalized spacial score (nSPS) is 21.9. The van der Waals surface area contributed by atoms with E-state index >= 15 is 0 Å². The van der Waals surface area contributed by atoms with Crippen LogP contribution in [0.2, 0.25) is 0 Å². The summed E-state index contributed by atoms with van der Waals surface area (Å²) in [6.07, 6.45) is 4.28. The molecule has 0 spiro atoms. The van der Waals surface area contributed by atoms with E-state index in [1.807, 2.05) is 13.8 Å². The van der Waals surface area contributed by atoms with Crippen molar-refractivity contribution in [2.75, 3.05) is 13.2 Å². The lowest BCUT2D eigenvalue weighted by Crippen LogP contribution is -2.33. The molecule has 0 aromatic rings. The fraction of sp³-hybridized carbons (Fsp3) is 1.00. The zero-order chi connectivity index (χ0) is 10.3. The van der Waals surface area contributed by atoms with Gasteiger partial charge in [0.2, 0.25) is 0 Å². The maximum atomic E-state index is 9.07. The standard InChI is InChI=1S/C9H18O2.C2H6/c1-8-2-4-9(6-10,7-11)5-3-8;1-2/h8,10-11H,2-7H2,1H3;1-2H3. The minimum absolute atomic E-state index is 0.146. The molecule has 0 bridgehead atoms. The molecule has 0 radical (unpaired) electrons. The van der Waals surface area contributed by atoms with E-state index in [0.29, 0.717) is 0 Å². The third kappa shape index (κ3) is 3.65. The number of hydrogen-bond donors (Lipinski definition) is 2. The van der Waals surface area contributed by atoms with Gasteiger partial charge in [-0.25, -0.2) is 0 Å². The summed E-state index contributed by atoms with van der Waals surface area (Å²) in [5.74, 6) is 0.779. The zero-order valence-corrected chi connectivity index (χ0v) is 9.21. The van der Waals surface area contributed by atoms with E-state index in [1.54, 1.807) is 0 Å². The molecule has 1 rings (SSSR count). The summed E-state index contributed by atoms with van der Waals surface area (Å²) in [4.78, 5) is 0. The Morgan fingerprint density at radius 3 is 1.77 bits per heavy atom. The van der Waals surface area contributed by atoms with Crippen LogP contribution < -0.4 is 0 Å².